The molecule has 1 fully saturated rings. The summed E-state index contributed by atoms with van der Waals surface area (Å²) in [6, 6.07) is 3.12. The third-order valence-electron chi connectivity index (χ3n) is 3.58. The van der Waals surface area contributed by atoms with Crippen molar-refractivity contribution in [3.05, 3.63) is 24.5 Å². The Morgan fingerprint density at radius 3 is 2.50 bits per heavy atom. The van der Waals surface area contributed by atoms with E-state index >= 15 is 0 Å². The summed E-state index contributed by atoms with van der Waals surface area (Å²) >= 11 is 2.91. The Kier molecular flexibility index (Phi) is 5.94. The van der Waals surface area contributed by atoms with E-state index < -0.39 is 20.0 Å². The molecule has 0 saturated carbocycles. The van der Waals surface area contributed by atoms with Gasteiger partial charge in [0.15, 0.2) is 0 Å². The van der Waals surface area contributed by atoms with E-state index in [4.69, 9.17) is 0 Å². The Hall–Kier alpha value is -0.550. The van der Waals surface area contributed by atoms with Crippen molar-refractivity contribution in [2.45, 2.75) is 17.7 Å². The van der Waals surface area contributed by atoms with Crippen molar-refractivity contribution in [3.63, 3.8) is 0 Å². The first-order valence-corrected chi connectivity index (χ1v) is 11.0. The van der Waals surface area contributed by atoms with E-state index in [2.05, 4.69) is 25.6 Å². The largest absolute Gasteiger partial charge is 0.263 e. The van der Waals surface area contributed by atoms with Gasteiger partial charge in [-0.3, -0.25) is 4.98 Å². The molecule has 0 amide bonds. The number of nitrogens with one attached hydrogen (secondary N) is 1. The standard InChI is InChI=1S/C12H18BrN3O4S2/c13-10-21(17,18)15-8-11-3-6-16(7-4-11)22(19,20)12-2-1-5-14-9-12/h1-2,5,9,11,15H,3-4,6-8,10H2. The molecule has 22 heavy (non-hydrogen) atoms. The Bertz CT molecular complexity index is 686. The molecule has 0 radical (unpaired) electrons. The number of aromatic nitrogens is 1. The first-order chi connectivity index (χ1) is 10.3. The zero-order valence-corrected chi connectivity index (χ0v) is 15.1. The van der Waals surface area contributed by atoms with Crippen LogP contribution in [0.15, 0.2) is 29.4 Å². The van der Waals surface area contributed by atoms with Gasteiger partial charge in [-0.1, -0.05) is 15.9 Å². The molecule has 1 aromatic rings. The monoisotopic (exact) mass is 411 g/mol. The number of nitrogens with zero attached hydrogens (tertiary/aromatic N) is 2. The molecular formula is C12H18BrN3O4S2. The Labute approximate surface area is 139 Å². The van der Waals surface area contributed by atoms with Crippen molar-refractivity contribution in [1.82, 2.24) is 14.0 Å². The molecule has 10 heteroatoms. The summed E-state index contributed by atoms with van der Waals surface area (Å²) in [5, 5.41) is 0. The van der Waals surface area contributed by atoms with Gasteiger partial charge in [-0.15, -0.1) is 0 Å². The molecule has 7 nitrogen and oxygen atoms in total. The van der Waals surface area contributed by atoms with E-state index in [9.17, 15) is 16.8 Å². The predicted octanol–water partition coefficient (Wildman–Crippen LogP) is 0.754. The summed E-state index contributed by atoms with van der Waals surface area (Å²) in [6.07, 6.45) is 4.13. The Morgan fingerprint density at radius 1 is 1.27 bits per heavy atom. The second-order valence-corrected chi connectivity index (χ2v) is 10.2. The maximum absolute atomic E-state index is 12.4. The minimum atomic E-state index is -3.51. The molecule has 2 rings (SSSR count). The molecular weight excluding hydrogens is 394 g/mol. The summed E-state index contributed by atoms with van der Waals surface area (Å²) in [5.74, 6) is 0.147. The van der Waals surface area contributed by atoms with Crippen LogP contribution in [0, 0.1) is 5.92 Å². The maximum atomic E-state index is 12.4. The highest BCUT2D eigenvalue weighted by atomic mass is 79.9. The van der Waals surface area contributed by atoms with Crippen LogP contribution in [0.4, 0.5) is 0 Å². The predicted molar refractivity (Wildman–Crippen MR) is 86.4 cm³/mol. The molecule has 1 aromatic heterocycles. The van der Waals surface area contributed by atoms with Gasteiger partial charge in [0.05, 0.1) is 0 Å². The first-order valence-electron chi connectivity index (χ1n) is 6.78. The molecule has 0 bridgehead atoms. The topological polar surface area (TPSA) is 96.4 Å². The summed E-state index contributed by atoms with van der Waals surface area (Å²) < 4.78 is 51.4. The first kappa shape index (κ1) is 17.8. The molecule has 124 valence electrons. The zero-order valence-electron chi connectivity index (χ0n) is 11.9. The lowest BCUT2D eigenvalue weighted by Gasteiger charge is -2.31. The average Bonchev–Trinajstić information content (AvgIpc) is 2.54. The summed E-state index contributed by atoms with van der Waals surface area (Å²) in [7, 11) is -6.79. The number of sulfonamides is 2. The lowest BCUT2D eigenvalue weighted by atomic mass is 9.99. The molecule has 1 N–H and O–H groups in total. The lowest BCUT2D eigenvalue weighted by Crippen LogP contribution is -2.41. The van der Waals surface area contributed by atoms with Gasteiger partial charge >= 0.3 is 0 Å². The fraction of sp³-hybridized carbons (Fsp3) is 0.583. The van der Waals surface area contributed by atoms with Crippen LogP contribution in [-0.4, -0.2) is 50.4 Å². The molecule has 0 spiro atoms. The van der Waals surface area contributed by atoms with Gasteiger partial charge in [0.1, 0.15) is 9.56 Å². The summed E-state index contributed by atoms with van der Waals surface area (Å²) in [5.41, 5.74) is 0. The van der Waals surface area contributed by atoms with E-state index in [0.717, 1.165) is 0 Å². The minimum absolute atomic E-state index is 0.131. The highest BCUT2D eigenvalue weighted by Crippen LogP contribution is 2.23. The maximum Gasteiger partial charge on any atom is 0.244 e. The van der Waals surface area contributed by atoms with E-state index in [1.807, 2.05) is 0 Å². The third kappa shape index (κ3) is 4.48. The third-order valence-corrected chi connectivity index (χ3v) is 8.17. The molecule has 0 aliphatic carbocycles. The minimum Gasteiger partial charge on any atom is -0.263 e. The van der Waals surface area contributed by atoms with Gasteiger partial charge in [-0.2, -0.15) is 4.31 Å². The van der Waals surface area contributed by atoms with Crippen molar-refractivity contribution in [2.24, 2.45) is 5.92 Å². The van der Waals surface area contributed by atoms with Crippen LogP contribution in [0.5, 0.6) is 0 Å². The smallest absolute Gasteiger partial charge is 0.244 e. The number of alkyl halides is 1. The summed E-state index contributed by atoms with van der Waals surface area (Å²) in [6.45, 7) is 1.12. The number of piperidine rings is 1. The van der Waals surface area contributed by atoms with Gasteiger partial charge in [-0.25, -0.2) is 21.6 Å². The second kappa shape index (κ2) is 7.35. The highest BCUT2D eigenvalue weighted by Gasteiger charge is 2.29. The van der Waals surface area contributed by atoms with Crippen LogP contribution in [0.25, 0.3) is 0 Å². The van der Waals surface area contributed by atoms with Gasteiger partial charge in [0.2, 0.25) is 20.0 Å². The second-order valence-electron chi connectivity index (χ2n) is 5.11. The van der Waals surface area contributed by atoms with Crippen molar-refractivity contribution in [1.29, 1.82) is 0 Å². The fourth-order valence-corrected chi connectivity index (χ4v) is 4.77. The van der Waals surface area contributed by atoms with Crippen molar-refractivity contribution >= 4 is 36.0 Å². The number of hydrogen-bond acceptors (Lipinski definition) is 5. The van der Waals surface area contributed by atoms with E-state index in [-0.39, 0.29) is 15.5 Å². The summed E-state index contributed by atoms with van der Waals surface area (Å²) in [4.78, 5) is 4.03. The average molecular weight is 412 g/mol. The molecule has 2 heterocycles. The molecule has 0 atom stereocenters. The fourth-order valence-electron chi connectivity index (χ4n) is 2.29. The van der Waals surface area contributed by atoms with Crippen LogP contribution in [0.3, 0.4) is 0 Å². The van der Waals surface area contributed by atoms with Crippen molar-refractivity contribution < 1.29 is 16.8 Å². The van der Waals surface area contributed by atoms with Crippen LogP contribution in [-0.2, 0) is 20.0 Å². The number of hydrogen-bond donors (Lipinski definition) is 1. The van der Waals surface area contributed by atoms with Gasteiger partial charge in [0, 0.05) is 32.0 Å². The molecule has 1 saturated heterocycles. The molecule has 1 aliphatic rings. The van der Waals surface area contributed by atoms with Gasteiger partial charge < -0.3 is 0 Å². The number of halogens is 1. The van der Waals surface area contributed by atoms with Crippen molar-refractivity contribution in [2.75, 3.05) is 24.3 Å². The molecule has 0 aromatic carbocycles. The number of pyridine rings is 1. The van der Waals surface area contributed by atoms with Crippen LogP contribution in [0.2, 0.25) is 0 Å². The van der Waals surface area contributed by atoms with Gasteiger partial charge in [-0.05, 0) is 30.9 Å². The number of rotatable bonds is 6. The molecule has 1 aliphatic heterocycles. The van der Waals surface area contributed by atoms with E-state index in [1.54, 1.807) is 6.07 Å². The SMILES string of the molecule is O=S(=O)(CBr)NCC1CCN(S(=O)(=O)c2cccnc2)CC1. The van der Waals surface area contributed by atoms with Crippen molar-refractivity contribution in [3.8, 4) is 0 Å². The Balaban J connectivity index is 1.92. The normalized spacial score (nSPS) is 18.4. The Morgan fingerprint density at radius 2 is 1.95 bits per heavy atom. The lowest BCUT2D eigenvalue weighted by molar-refractivity contribution is 0.274. The van der Waals surface area contributed by atoms with Crippen LogP contribution in [0.1, 0.15) is 12.8 Å². The van der Waals surface area contributed by atoms with E-state index in [0.29, 0.717) is 32.5 Å². The van der Waals surface area contributed by atoms with Gasteiger partial charge in [0.25, 0.3) is 0 Å². The quantitative estimate of drug-likeness (QED) is 0.696. The zero-order chi connectivity index (χ0) is 16.2. The van der Waals surface area contributed by atoms with Crippen LogP contribution < -0.4 is 4.72 Å². The van der Waals surface area contributed by atoms with Crippen LogP contribution >= 0.6 is 15.9 Å². The molecule has 0 unspecified atom stereocenters. The highest BCUT2D eigenvalue weighted by molar-refractivity contribution is 9.10. The van der Waals surface area contributed by atoms with E-state index in [1.165, 1.54) is 22.8 Å².